The Balaban J connectivity index is 1.78. The van der Waals surface area contributed by atoms with Crippen molar-refractivity contribution in [1.82, 2.24) is 0 Å². The number of ether oxygens (including phenoxy) is 6. The summed E-state index contributed by atoms with van der Waals surface area (Å²) in [5.74, 6) is -1.97. The van der Waals surface area contributed by atoms with Crippen molar-refractivity contribution < 1.29 is 38.1 Å². The molecule has 1 aromatic carbocycles. The quantitative estimate of drug-likeness (QED) is 0.404. The van der Waals surface area contributed by atoms with Crippen LogP contribution in [0.4, 0.5) is 5.69 Å². The summed E-state index contributed by atoms with van der Waals surface area (Å²) in [5.41, 5.74) is 0.0589. The Hall–Kier alpha value is -2.11. The number of nitro groups is 1. The molecule has 0 amide bonds. The molecule has 10 heteroatoms. The molecule has 0 aromatic heterocycles. The third-order valence-corrected chi connectivity index (χ3v) is 4.62. The minimum atomic E-state index is -1.31. The van der Waals surface area contributed by atoms with Gasteiger partial charge in [0, 0.05) is 32.8 Å². The molecular formula is C18H23NO9. The predicted molar refractivity (Wildman–Crippen MR) is 93.4 cm³/mol. The second-order valence-corrected chi connectivity index (χ2v) is 6.58. The number of carbonyl (C=O) groups excluding carboxylic acids is 1. The summed E-state index contributed by atoms with van der Waals surface area (Å²) in [6.45, 7) is 5.52. The largest absolute Gasteiger partial charge is 0.453 e. The Bertz CT molecular complexity index is 724. The van der Waals surface area contributed by atoms with Gasteiger partial charge in [-0.3, -0.25) is 10.1 Å². The van der Waals surface area contributed by atoms with Crippen LogP contribution in [0.25, 0.3) is 0 Å². The molecule has 0 N–H and O–H groups in total. The summed E-state index contributed by atoms with van der Waals surface area (Å²) in [4.78, 5) is 22.8. The van der Waals surface area contributed by atoms with Gasteiger partial charge in [0.1, 0.15) is 12.2 Å². The molecule has 2 heterocycles. The Kier molecular flexibility index (Phi) is 5.96. The number of hydrogen-bond acceptors (Lipinski definition) is 9. The SMILES string of the molecule is CCOC1(C)O[C@@H]2[C@@H](OC(=O)c3ccc([N+](=O)[O-])cc3)[C@H](C)O[C@@H](OC)[C@@H]2O1. The lowest BCUT2D eigenvalue weighted by Crippen LogP contribution is -2.57. The van der Waals surface area contributed by atoms with Crippen LogP contribution in [-0.2, 0) is 28.4 Å². The van der Waals surface area contributed by atoms with Crippen LogP contribution in [0.5, 0.6) is 0 Å². The van der Waals surface area contributed by atoms with Gasteiger partial charge in [-0.25, -0.2) is 4.79 Å². The van der Waals surface area contributed by atoms with Crippen molar-refractivity contribution in [3.8, 4) is 0 Å². The highest BCUT2D eigenvalue weighted by molar-refractivity contribution is 5.89. The Morgan fingerprint density at radius 2 is 1.89 bits per heavy atom. The number of nitrogens with zero attached hydrogens (tertiary/aromatic N) is 1. The molecule has 0 radical (unpaired) electrons. The van der Waals surface area contributed by atoms with Crippen molar-refractivity contribution in [1.29, 1.82) is 0 Å². The number of non-ortho nitro benzene ring substituents is 1. The van der Waals surface area contributed by atoms with E-state index in [0.717, 1.165) is 0 Å². The highest BCUT2D eigenvalue weighted by Crippen LogP contribution is 2.39. The maximum Gasteiger partial charge on any atom is 0.338 e. The number of carbonyl (C=O) groups is 1. The molecule has 2 fully saturated rings. The molecule has 2 aliphatic heterocycles. The van der Waals surface area contributed by atoms with E-state index in [0.29, 0.717) is 6.61 Å². The van der Waals surface area contributed by atoms with E-state index in [2.05, 4.69) is 0 Å². The molecule has 6 atom stereocenters. The second-order valence-electron chi connectivity index (χ2n) is 6.58. The zero-order valence-corrected chi connectivity index (χ0v) is 16.0. The average Bonchev–Trinajstić information content (AvgIpc) is 3.01. The van der Waals surface area contributed by atoms with Crippen LogP contribution in [0, 0.1) is 10.1 Å². The second kappa shape index (κ2) is 8.10. The van der Waals surface area contributed by atoms with Crippen molar-refractivity contribution in [3.05, 3.63) is 39.9 Å². The summed E-state index contributed by atoms with van der Waals surface area (Å²) in [5, 5.41) is 10.8. The van der Waals surface area contributed by atoms with E-state index in [1.165, 1.54) is 31.4 Å². The van der Waals surface area contributed by atoms with Crippen molar-refractivity contribution in [2.75, 3.05) is 13.7 Å². The van der Waals surface area contributed by atoms with E-state index in [1.54, 1.807) is 20.8 Å². The van der Waals surface area contributed by atoms with Crippen LogP contribution in [0.15, 0.2) is 24.3 Å². The minimum absolute atomic E-state index is 0.117. The third kappa shape index (κ3) is 4.01. The van der Waals surface area contributed by atoms with Crippen LogP contribution in [-0.4, -0.2) is 61.3 Å². The summed E-state index contributed by atoms with van der Waals surface area (Å²) >= 11 is 0. The Labute approximate surface area is 161 Å². The first kappa shape index (κ1) is 20.6. The van der Waals surface area contributed by atoms with Crippen LogP contribution < -0.4 is 0 Å². The molecule has 0 bridgehead atoms. The highest BCUT2D eigenvalue weighted by atomic mass is 16.9. The lowest BCUT2D eigenvalue weighted by atomic mass is 9.99. The molecule has 10 nitrogen and oxygen atoms in total. The van der Waals surface area contributed by atoms with Gasteiger partial charge in [-0.2, -0.15) is 0 Å². The van der Waals surface area contributed by atoms with Crippen LogP contribution >= 0.6 is 0 Å². The van der Waals surface area contributed by atoms with Gasteiger partial charge in [-0.05, 0) is 26.0 Å². The molecule has 3 rings (SSSR count). The van der Waals surface area contributed by atoms with Crippen LogP contribution in [0.1, 0.15) is 31.1 Å². The lowest BCUT2D eigenvalue weighted by Gasteiger charge is -2.39. The van der Waals surface area contributed by atoms with E-state index in [9.17, 15) is 14.9 Å². The van der Waals surface area contributed by atoms with Crippen molar-refractivity contribution in [2.45, 2.75) is 57.5 Å². The summed E-state index contributed by atoms with van der Waals surface area (Å²) in [7, 11) is 1.48. The van der Waals surface area contributed by atoms with Gasteiger partial charge in [0.05, 0.1) is 16.6 Å². The van der Waals surface area contributed by atoms with E-state index in [-0.39, 0.29) is 11.3 Å². The lowest BCUT2D eigenvalue weighted by molar-refractivity contribution is -0.384. The normalized spacial score (nSPS) is 34.6. The van der Waals surface area contributed by atoms with Gasteiger partial charge in [-0.15, -0.1) is 0 Å². The monoisotopic (exact) mass is 397 g/mol. The average molecular weight is 397 g/mol. The molecule has 0 spiro atoms. The zero-order chi connectivity index (χ0) is 20.5. The Morgan fingerprint density at radius 3 is 2.46 bits per heavy atom. The first-order valence-corrected chi connectivity index (χ1v) is 8.91. The number of fused-ring (bicyclic) bond motifs is 1. The summed E-state index contributed by atoms with van der Waals surface area (Å²) in [6, 6.07) is 5.14. The van der Waals surface area contributed by atoms with E-state index < -0.39 is 47.6 Å². The fourth-order valence-electron chi connectivity index (χ4n) is 3.35. The number of hydrogen-bond donors (Lipinski definition) is 0. The first-order valence-electron chi connectivity index (χ1n) is 8.91. The molecule has 2 saturated heterocycles. The maximum atomic E-state index is 12.6. The Morgan fingerprint density at radius 1 is 1.25 bits per heavy atom. The van der Waals surface area contributed by atoms with E-state index in [1.807, 2.05) is 0 Å². The smallest absolute Gasteiger partial charge is 0.338 e. The topological polar surface area (TPSA) is 116 Å². The molecular weight excluding hydrogens is 374 g/mol. The van der Waals surface area contributed by atoms with Gasteiger partial charge in [-0.1, -0.05) is 0 Å². The van der Waals surface area contributed by atoms with Crippen molar-refractivity contribution in [3.63, 3.8) is 0 Å². The number of benzene rings is 1. The predicted octanol–water partition coefficient (Wildman–Crippen LogP) is 2.01. The van der Waals surface area contributed by atoms with Gasteiger partial charge < -0.3 is 28.4 Å². The maximum absolute atomic E-state index is 12.6. The summed E-state index contributed by atoms with van der Waals surface area (Å²) < 4.78 is 34.0. The van der Waals surface area contributed by atoms with Gasteiger partial charge in [0.2, 0.25) is 0 Å². The van der Waals surface area contributed by atoms with E-state index >= 15 is 0 Å². The fraction of sp³-hybridized carbons (Fsp3) is 0.611. The van der Waals surface area contributed by atoms with Crippen molar-refractivity contribution >= 4 is 11.7 Å². The van der Waals surface area contributed by atoms with Gasteiger partial charge in [0.15, 0.2) is 12.4 Å². The fourth-order valence-corrected chi connectivity index (χ4v) is 3.35. The van der Waals surface area contributed by atoms with Crippen LogP contribution in [0.3, 0.4) is 0 Å². The van der Waals surface area contributed by atoms with Gasteiger partial charge >= 0.3 is 5.97 Å². The third-order valence-electron chi connectivity index (χ3n) is 4.62. The summed E-state index contributed by atoms with van der Waals surface area (Å²) in [6.07, 6.45) is -3.38. The number of rotatable bonds is 6. The van der Waals surface area contributed by atoms with Crippen molar-refractivity contribution in [2.24, 2.45) is 0 Å². The minimum Gasteiger partial charge on any atom is -0.453 e. The molecule has 154 valence electrons. The number of methoxy groups -OCH3 is 1. The molecule has 0 saturated carbocycles. The van der Waals surface area contributed by atoms with E-state index in [4.69, 9.17) is 28.4 Å². The first-order chi connectivity index (χ1) is 13.3. The molecule has 1 aromatic rings. The number of esters is 1. The zero-order valence-electron chi connectivity index (χ0n) is 16.0. The molecule has 2 aliphatic rings. The van der Waals surface area contributed by atoms with Crippen LogP contribution in [0.2, 0.25) is 0 Å². The molecule has 28 heavy (non-hydrogen) atoms. The molecule has 1 unspecified atom stereocenters. The standard InChI is InChI=1S/C18H23NO9/c1-5-24-18(3)27-14-13(10(2)25-17(23-4)15(14)28-18)26-16(20)11-6-8-12(9-7-11)19(21)22/h6-10,13-15,17H,5H2,1-4H3/t10-,13-,14+,15+,17+,18?/m0/s1. The van der Waals surface area contributed by atoms with Gasteiger partial charge in [0.25, 0.3) is 11.7 Å². The highest BCUT2D eigenvalue weighted by Gasteiger charge is 2.58. The number of nitro benzene ring substituents is 1. The molecule has 0 aliphatic carbocycles.